The van der Waals surface area contributed by atoms with Crippen LogP contribution in [0.25, 0.3) is 0 Å². The Morgan fingerprint density at radius 2 is 2.11 bits per heavy atom. The van der Waals surface area contributed by atoms with Crippen LogP contribution < -0.4 is 5.32 Å². The van der Waals surface area contributed by atoms with Crippen molar-refractivity contribution in [1.29, 1.82) is 0 Å². The van der Waals surface area contributed by atoms with Crippen LogP contribution in [0.15, 0.2) is 0 Å². The van der Waals surface area contributed by atoms with Gasteiger partial charge >= 0.3 is 0 Å². The van der Waals surface area contributed by atoms with Gasteiger partial charge < -0.3 is 14.8 Å². The summed E-state index contributed by atoms with van der Waals surface area (Å²) in [6.07, 6.45) is 6.07. The minimum absolute atomic E-state index is 0.0941. The monoisotopic (exact) mass is 255 g/mol. The molecule has 2 aliphatic rings. The Hall–Kier alpha value is -0.120. The van der Waals surface area contributed by atoms with E-state index in [1.807, 2.05) is 0 Å². The maximum atomic E-state index is 6.18. The van der Waals surface area contributed by atoms with Crippen LogP contribution >= 0.6 is 0 Å². The molecule has 0 aromatic carbocycles. The molecule has 2 saturated heterocycles. The molecule has 3 atom stereocenters. The van der Waals surface area contributed by atoms with Gasteiger partial charge in [0.25, 0.3) is 0 Å². The SMILES string of the molecule is CCCNC1CCOC2(CCOC(C(C)C)C2)C1. The fraction of sp³-hybridized carbons (Fsp3) is 1.00. The first-order valence-corrected chi connectivity index (χ1v) is 7.64. The van der Waals surface area contributed by atoms with E-state index in [4.69, 9.17) is 9.47 Å². The van der Waals surface area contributed by atoms with E-state index >= 15 is 0 Å². The first kappa shape index (κ1) is 14.3. The minimum atomic E-state index is 0.0941. The highest BCUT2D eigenvalue weighted by Crippen LogP contribution is 2.38. The predicted molar refractivity (Wildman–Crippen MR) is 73.8 cm³/mol. The van der Waals surface area contributed by atoms with Crippen LogP contribution in [0.4, 0.5) is 0 Å². The van der Waals surface area contributed by atoms with Gasteiger partial charge in [0.05, 0.1) is 11.7 Å². The maximum Gasteiger partial charge on any atom is 0.0744 e. The molecule has 0 aliphatic carbocycles. The zero-order valence-electron chi connectivity index (χ0n) is 12.2. The number of hydrogen-bond acceptors (Lipinski definition) is 3. The highest BCUT2D eigenvalue weighted by Gasteiger charge is 2.42. The van der Waals surface area contributed by atoms with E-state index in [0.29, 0.717) is 18.1 Å². The molecule has 0 amide bonds. The topological polar surface area (TPSA) is 30.5 Å². The van der Waals surface area contributed by atoms with E-state index in [0.717, 1.165) is 39.0 Å². The van der Waals surface area contributed by atoms with Crippen LogP contribution in [-0.4, -0.2) is 37.5 Å². The molecule has 2 fully saturated rings. The zero-order valence-corrected chi connectivity index (χ0v) is 12.2. The Morgan fingerprint density at radius 3 is 2.83 bits per heavy atom. The molecule has 2 aliphatic heterocycles. The van der Waals surface area contributed by atoms with Crippen molar-refractivity contribution in [1.82, 2.24) is 5.32 Å². The number of hydrogen-bond donors (Lipinski definition) is 1. The van der Waals surface area contributed by atoms with Gasteiger partial charge in [-0.1, -0.05) is 20.8 Å². The quantitative estimate of drug-likeness (QED) is 0.838. The lowest BCUT2D eigenvalue weighted by atomic mass is 9.79. The lowest BCUT2D eigenvalue weighted by Crippen LogP contribution is -2.52. The summed E-state index contributed by atoms with van der Waals surface area (Å²) in [5.41, 5.74) is 0.0941. The molecule has 3 nitrogen and oxygen atoms in total. The van der Waals surface area contributed by atoms with Crippen molar-refractivity contribution in [3.05, 3.63) is 0 Å². The molecule has 106 valence electrons. The van der Waals surface area contributed by atoms with Gasteiger partial charge in [-0.2, -0.15) is 0 Å². The van der Waals surface area contributed by atoms with E-state index < -0.39 is 0 Å². The van der Waals surface area contributed by atoms with E-state index in [-0.39, 0.29) is 5.60 Å². The third-order valence-electron chi connectivity index (χ3n) is 4.38. The third-order valence-corrected chi connectivity index (χ3v) is 4.38. The van der Waals surface area contributed by atoms with E-state index in [1.54, 1.807) is 0 Å². The third kappa shape index (κ3) is 3.46. The predicted octanol–water partition coefficient (Wildman–Crippen LogP) is 2.74. The van der Waals surface area contributed by atoms with Gasteiger partial charge in [-0.3, -0.25) is 0 Å². The molecular formula is C15H29NO2. The fourth-order valence-corrected chi connectivity index (χ4v) is 3.22. The summed E-state index contributed by atoms with van der Waals surface area (Å²) in [4.78, 5) is 0. The molecule has 2 rings (SSSR count). The molecule has 1 N–H and O–H groups in total. The van der Waals surface area contributed by atoms with Crippen LogP contribution in [0.1, 0.15) is 52.9 Å². The highest BCUT2D eigenvalue weighted by atomic mass is 16.5. The Labute approximate surface area is 112 Å². The lowest BCUT2D eigenvalue weighted by Gasteiger charge is -2.46. The molecule has 0 radical (unpaired) electrons. The summed E-state index contributed by atoms with van der Waals surface area (Å²) >= 11 is 0. The number of ether oxygens (including phenoxy) is 2. The van der Waals surface area contributed by atoms with Crippen molar-refractivity contribution >= 4 is 0 Å². The van der Waals surface area contributed by atoms with Gasteiger partial charge in [0.2, 0.25) is 0 Å². The Bertz CT molecular complexity index is 253. The van der Waals surface area contributed by atoms with Gasteiger partial charge in [-0.05, 0) is 38.1 Å². The average molecular weight is 255 g/mol. The standard InChI is InChI=1S/C15H29NO2/c1-4-7-16-13-5-8-18-15(10-13)6-9-17-14(11-15)12(2)3/h12-14,16H,4-11H2,1-3H3. The summed E-state index contributed by atoms with van der Waals surface area (Å²) in [5.74, 6) is 0.592. The Balaban J connectivity index is 1.92. The van der Waals surface area contributed by atoms with Crippen molar-refractivity contribution in [2.75, 3.05) is 19.8 Å². The van der Waals surface area contributed by atoms with Crippen molar-refractivity contribution in [2.45, 2.75) is 70.6 Å². The van der Waals surface area contributed by atoms with Crippen LogP contribution in [-0.2, 0) is 9.47 Å². The fourth-order valence-electron chi connectivity index (χ4n) is 3.22. The number of rotatable bonds is 4. The summed E-state index contributed by atoms with van der Waals surface area (Å²) in [6, 6.07) is 0.643. The molecule has 0 saturated carbocycles. The lowest BCUT2D eigenvalue weighted by molar-refractivity contribution is -0.170. The van der Waals surface area contributed by atoms with Gasteiger partial charge in [-0.15, -0.1) is 0 Å². The molecule has 2 heterocycles. The second kappa shape index (κ2) is 6.36. The smallest absolute Gasteiger partial charge is 0.0744 e. The van der Waals surface area contributed by atoms with Gasteiger partial charge in [0, 0.05) is 25.7 Å². The molecule has 0 aromatic heterocycles. The van der Waals surface area contributed by atoms with E-state index in [2.05, 4.69) is 26.1 Å². The summed E-state index contributed by atoms with van der Waals surface area (Å²) in [6.45, 7) is 9.63. The largest absolute Gasteiger partial charge is 0.378 e. The van der Waals surface area contributed by atoms with E-state index in [9.17, 15) is 0 Å². The van der Waals surface area contributed by atoms with Crippen molar-refractivity contribution in [3.8, 4) is 0 Å². The van der Waals surface area contributed by atoms with Gasteiger partial charge in [-0.25, -0.2) is 0 Å². The average Bonchev–Trinajstić information content (AvgIpc) is 2.36. The first-order chi connectivity index (χ1) is 8.65. The summed E-state index contributed by atoms with van der Waals surface area (Å²) in [5, 5.41) is 3.67. The van der Waals surface area contributed by atoms with Crippen molar-refractivity contribution in [2.24, 2.45) is 5.92 Å². The molecule has 3 unspecified atom stereocenters. The van der Waals surface area contributed by atoms with Crippen molar-refractivity contribution in [3.63, 3.8) is 0 Å². The molecular weight excluding hydrogens is 226 g/mol. The molecule has 0 aromatic rings. The molecule has 0 bridgehead atoms. The Kier molecular flexibility index (Phi) is 5.05. The van der Waals surface area contributed by atoms with Crippen LogP contribution in [0.5, 0.6) is 0 Å². The second-order valence-electron chi connectivity index (χ2n) is 6.28. The van der Waals surface area contributed by atoms with Crippen molar-refractivity contribution < 1.29 is 9.47 Å². The van der Waals surface area contributed by atoms with Crippen LogP contribution in [0.3, 0.4) is 0 Å². The zero-order chi connectivity index (χ0) is 13.0. The second-order valence-corrected chi connectivity index (χ2v) is 6.28. The van der Waals surface area contributed by atoms with E-state index in [1.165, 1.54) is 12.8 Å². The summed E-state index contributed by atoms with van der Waals surface area (Å²) in [7, 11) is 0. The Morgan fingerprint density at radius 1 is 1.28 bits per heavy atom. The molecule has 18 heavy (non-hydrogen) atoms. The van der Waals surface area contributed by atoms with Crippen LogP contribution in [0, 0.1) is 5.92 Å². The number of nitrogens with one attached hydrogen (secondary N) is 1. The first-order valence-electron chi connectivity index (χ1n) is 7.64. The normalized spacial score (nSPS) is 37.3. The van der Waals surface area contributed by atoms with Crippen LogP contribution in [0.2, 0.25) is 0 Å². The van der Waals surface area contributed by atoms with Gasteiger partial charge in [0.1, 0.15) is 0 Å². The highest BCUT2D eigenvalue weighted by molar-refractivity contribution is 4.94. The summed E-state index contributed by atoms with van der Waals surface area (Å²) < 4.78 is 12.1. The molecule has 1 spiro atoms. The maximum absolute atomic E-state index is 6.18. The van der Waals surface area contributed by atoms with Gasteiger partial charge in [0.15, 0.2) is 0 Å². The minimum Gasteiger partial charge on any atom is -0.378 e. The molecule has 3 heteroatoms.